The van der Waals surface area contributed by atoms with Gasteiger partial charge in [-0.2, -0.15) is 0 Å². The number of hydrogen-bond donors (Lipinski definition) is 0. The minimum absolute atomic E-state index is 0.487. The third-order valence-electron chi connectivity index (χ3n) is 3.51. The van der Waals surface area contributed by atoms with Crippen LogP contribution >= 0.6 is 34.9 Å². The van der Waals surface area contributed by atoms with Crippen molar-refractivity contribution in [2.75, 3.05) is 18.6 Å². The maximum Gasteiger partial charge on any atom is 0.231 e. The van der Waals surface area contributed by atoms with Crippen LogP contribution in [0.4, 0.5) is 0 Å². The topological polar surface area (TPSA) is 44.2 Å². The van der Waals surface area contributed by atoms with Gasteiger partial charge in [-0.15, -0.1) is 34.9 Å². The van der Waals surface area contributed by atoms with Gasteiger partial charge in [0.15, 0.2) is 11.5 Å². The third-order valence-corrected chi connectivity index (χ3v) is 7.44. The normalized spacial score (nSPS) is 15.2. The predicted octanol–water partition coefficient (Wildman–Crippen LogP) is 4.97. The minimum atomic E-state index is 0.487. The average molecular weight is 363 g/mol. The highest BCUT2D eigenvalue weighted by Crippen LogP contribution is 2.47. The highest BCUT2D eigenvalue weighted by molar-refractivity contribution is 8.19. The number of thiophene rings is 1. The smallest absolute Gasteiger partial charge is 0.231 e. The summed E-state index contributed by atoms with van der Waals surface area (Å²) in [6, 6.07) is 8.12. The molecule has 0 saturated carbocycles. The number of rotatable bonds is 4. The fourth-order valence-corrected chi connectivity index (χ4v) is 5.98. The van der Waals surface area contributed by atoms with Crippen molar-refractivity contribution >= 4 is 45.1 Å². The Morgan fingerprint density at radius 2 is 1.96 bits per heavy atom. The molecule has 1 aliphatic rings. The van der Waals surface area contributed by atoms with Gasteiger partial charge in [-0.1, -0.05) is 6.07 Å². The van der Waals surface area contributed by atoms with Crippen LogP contribution in [0.1, 0.15) is 10.1 Å². The lowest BCUT2D eigenvalue weighted by Crippen LogP contribution is -1.95. The van der Waals surface area contributed by atoms with E-state index in [2.05, 4.69) is 22.1 Å². The summed E-state index contributed by atoms with van der Waals surface area (Å²) in [6.45, 7) is 0. The lowest BCUT2D eigenvalue weighted by Gasteiger charge is -2.14. The van der Waals surface area contributed by atoms with Gasteiger partial charge in [0.2, 0.25) is 5.88 Å². The Balaban J connectivity index is 1.67. The van der Waals surface area contributed by atoms with Crippen LogP contribution in [0.25, 0.3) is 10.2 Å². The Kier molecular flexibility index (Phi) is 4.33. The number of aromatic nitrogens is 2. The maximum absolute atomic E-state index is 6.01. The van der Waals surface area contributed by atoms with E-state index in [1.165, 1.54) is 23.4 Å². The Hall–Kier alpha value is -1.44. The molecule has 0 radical (unpaired) electrons. The van der Waals surface area contributed by atoms with Crippen LogP contribution in [0.15, 0.2) is 36.0 Å². The first-order valence-electron chi connectivity index (χ1n) is 7.12. The third kappa shape index (κ3) is 3.00. The number of hydrogen-bond acceptors (Lipinski definition) is 7. The molecule has 3 aromatic rings. The molecule has 4 rings (SSSR count). The highest BCUT2D eigenvalue weighted by atomic mass is 32.2. The van der Waals surface area contributed by atoms with Crippen LogP contribution in [-0.2, 0) is 0 Å². The van der Waals surface area contributed by atoms with Crippen molar-refractivity contribution in [3.05, 3.63) is 41.5 Å². The van der Waals surface area contributed by atoms with Crippen molar-refractivity contribution < 1.29 is 9.47 Å². The summed E-state index contributed by atoms with van der Waals surface area (Å²) in [6.07, 6.45) is 1.53. The molecule has 23 heavy (non-hydrogen) atoms. The van der Waals surface area contributed by atoms with E-state index in [1.807, 2.05) is 41.0 Å². The van der Waals surface area contributed by atoms with Crippen molar-refractivity contribution in [3.8, 4) is 17.4 Å². The van der Waals surface area contributed by atoms with Crippen LogP contribution < -0.4 is 9.47 Å². The molecule has 0 spiro atoms. The van der Waals surface area contributed by atoms with E-state index in [4.69, 9.17) is 9.47 Å². The number of thioether (sulfide) groups is 2. The SMILES string of the molecule is COc1cc(C2SCCS2)ccc1Oc1ncnc2sccc12. The van der Waals surface area contributed by atoms with Crippen LogP contribution in [0.3, 0.4) is 0 Å². The number of nitrogens with zero attached hydrogens (tertiary/aromatic N) is 2. The monoisotopic (exact) mass is 362 g/mol. The molecule has 1 fully saturated rings. The molecule has 7 heteroatoms. The lowest BCUT2D eigenvalue weighted by atomic mass is 10.2. The van der Waals surface area contributed by atoms with Gasteiger partial charge in [0.05, 0.1) is 17.1 Å². The van der Waals surface area contributed by atoms with Crippen molar-refractivity contribution in [2.24, 2.45) is 0 Å². The zero-order valence-electron chi connectivity index (χ0n) is 12.4. The molecule has 0 aliphatic carbocycles. The minimum Gasteiger partial charge on any atom is -0.493 e. The van der Waals surface area contributed by atoms with Gasteiger partial charge in [0, 0.05) is 11.5 Å². The van der Waals surface area contributed by atoms with Gasteiger partial charge in [-0.05, 0) is 29.1 Å². The second-order valence-electron chi connectivity index (χ2n) is 4.90. The van der Waals surface area contributed by atoms with E-state index in [9.17, 15) is 0 Å². The molecule has 4 nitrogen and oxygen atoms in total. The summed E-state index contributed by atoms with van der Waals surface area (Å²) in [5, 5.41) is 2.91. The van der Waals surface area contributed by atoms with E-state index in [-0.39, 0.29) is 0 Å². The first kappa shape index (κ1) is 15.1. The number of benzene rings is 1. The second-order valence-corrected chi connectivity index (χ2v) is 8.52. The van der Waals surface area contributed by atoms with E-state index < -0.39 is 0 Å². The fourth-order valence-electron chi connectivity index (χ4n) is 2.42. The summed E-state index contributed by atoms with van der Waals surface area (Å²) in [5.74, 6) is 4.37. The Labute approximate surface area is 146 Å². The van der Waals surface area contributed by atoms with Gasteiger partial charge in [0.25, 0.3) is 0 Å². The summed E-state index contributed by atoms with van der Waals surface area (Å²) < 4.78 is 12.0. The van der Waals surface area contributed by atoms with Crippen molar-refractivity contribution in [1.82, 2.24) is 9.97 Å². The summed E-state index contributed by atoms with van der Waals surface area (Å²) in [7, 11) is 1.67. The Morgan fingerprint density at radius 3 is 2.78 bits per heavy atom. The van der Waals surface area contributed by atoms with Crippen LogP contribution in [0.5, 0.6) is 17.4 Å². The molecule has 1 aliphatic heterocycles. The largest absolute Gasteiger partial charge is 0.493 e. The second kappa shape index (κ2) is 6.59. The molecule has 0 amide bonds. The molecule has 0 unspecified atom stereocenters. The van der Waals surface area contributed by atoms with E-state index in [0.717, 1.165) is 16.0 Å². The molecule has 3 heterocycles. The molecular formula is C16H14N2O2S3. The molecule has 0 bridgehead atoms. The van der Waals surface area contributed by atoms with E-state index in [0.29, 0.717) is 16.2 Å². The molecule has 2 aromatic heterocycles. The van der Waals surface area contributed by atoms with E-state index >= 15 is 0 Å². The molecule has 0 N–H and O–H groups in total. The summed E-state index contributed by atoms with van der Waals surface area (Å²) in [4.78, 5) is 9.42. The number of methoxy groups -OCH3 is 1. The molecule has 118 valence electrons. The highest BCUT2D eigenvalue weighted by Gasteiger charge is 2.20. The standard InChI is InChI=1S/C16H14N2O2S3/c1-19-13-8-10(16-22-6-7-23-16)2-3-12(13)20-14-11-4-5-21-15(11)18-9-17-14/h2-5,8-9,16H,6-7H2,1H3. The van der Waals surface area contributed by atoms with Crippen LogP contribution in [0, 0.1) is 0 Å². The Morgan fingerprint density at radius 1 is 1.09 bits per heavy atom. The molecule has 1 aromatic carbocycles. The molecule has 1 saturated heterocycles. The van der Waals surface area contributed by atoms with E-state index in [1.54, 1.807) is 18.4 Å². The quantitative estimate of drug-likeness (QED) is 0.653. The van der Waals surface area contributed by atoms with Gasteiger partial charge in [0.1, 0.15) is 11.2 Å². The predicted molar refractivity (Wildman–Crippen MR) is 98.1 cm³/mol. The zero-order valence-corrected chi connectivity index (χ0v) is 14.8. The van der Waals surface area contributed by atoms with Gasteiger partial charge < -0.3 is 9.47 Å². The first-order chi connectivity index (χ1) is 11.3. The number of ether oxygens (including phenoxy) is 2. The van der Waals surface area contributed by atoms with Crippen LogP contribution in [-0.4, -0.2) is 28.6 Å². The maximum atomic E-state index is 6.01. The fraction of sp³-hybridized carbons (Fsp3) is 0.250. The molecule has 0 atom stereocenters. The summed E-state index contributed by atoms with van der Waals surface area (Å²) in [5.41, 5.74) is 1.27. The van der Waals surface area contributed by atoms with Crippen LogP contribution in [0.2, 0.25) is 0 Å². The van der Waals surface area contributed by atoms with Gasteiger partial charge in [-0.3, -0.25) is 0 Å². The zero-order chi connectivity index (χ0) is 15.6. The van der Waals surface area contributed by atoms with Gasteiger partial charge in [-0.25, -0.2) is 9.97 Å². The molecular weight excluding hydrogens is 348 g/mol. The van der Waals surface area contributed by atoms with Gasteiger partial charge >= 0.3 is 0 Å². The summed E-state index contributed by atoms with van der Waals surface area (Å²) >= 11 is 5.52. The average Bonchev–Trinajstić information content (AvgIpc) is 3.27. The van der Waals surface area contributed by atoms with Crippen molar-refractivity contribution in [1.29, 1.82) is 0 Å². The lowest BCUT2D eigenvalue weighted by molar-refractivity contribution is 0.375. The van der Waals surface area contributed by atoms with Crippen molar-refractivity contribution in [2.45, 2.75) is 4.58 Å². The number of fused-ring (bicyclic) bond motifs is 1. The first-order valence-corrected chi connectivity index (χ1v) is 10.1. The van der Waals surface area contributed by atoms with Crippen molar-refractivity contribution in [3.63, 3.8) is 0 Å². The Bertz CT molecular complexity index is 831.